The van der Waals surface area contributed by atoms with Gasteiger partial charge >= 0.3 is 0 Å². The number of pyridine rings is 1. The third-order valence-corrected chi connectivity index (χ3v) is 5.75. The number of nitrogens with zero attached hydrogens (tertiary/aromatic N) is 3. The molecule has 0 unspecified atom stereocenters. The molecule has 0 saturated carbocycles. The number of carbonyl (C=O) groups excluding carboxylic acids is 1. The van der Waals surface area contributed by atoms with E-state index >= 15 is 0 Å². The van der Waals surface area contributed by atoms with Gasteiger partial charge in [0.2, 0.25) is 0 Å². The zero-order valence-corrected chi connectivity index (χ0v) is 17.7. The van der Waals surface area contributed by atoms with E-state index in [2.05, 4.69) is 20.2 Å². The highest BCUT2D eigenvalue weighted by Crippen LogP contribution is 2.31. The number of anilines is 1. The number of aromatic nitrogens is 2. The molecule has 1 amide bonds. The molecular formula is C22H24N4O3S. The Morgan fingerprint density at radius 2 is 1.90 bits per heavy atom. The monoisotopic (exact) mass is 424 g/mol. The van der Waals surface area contributed by atoms with Crippen molar-refractivity contribution in [2.75, 3.05) is 44.8 Å². The standard InChI is InChI=1S/C22H24N4O3S/c1-16-20(24-22(30-16)25-21(27)18-6-8-23-9-7-18)17-2-4-19(5-3-17)29-15-12-26-10-13-28-14-11-26/h2-9H,10-15H2,1H3,(H,24,25,27). The van der Waals surface area contributed by atoms with Crippen LogP contribution in [0.15, 0.2) is 48.8 Å². The van der Waals surface area contributed by atoms with Gasteiger partial charge in [0.25, 0.3) is 5.91 Å². The summed E-state index contributed by atoms with van der Waals surface area (Å²) in [4.78, 5) is 24.3. The van der Waals surface area contributed by atoms with Gasteiger partial charge in [-0.3, -0.25) is 20.0 Å². The van der Waals surface area contributed by atoms with E-state index in [1.165, 1.54) is 11.3 Å². The van der Waals surface area contributed by atoms with Gasteiger partial charge in [0, 0.05) is 48.0 Å². The summed E-state index contributed by atoms with van der Waals surface area (Å²) in [6.45, 7) is 7.08. The summed E-state index contributed by atoms with van der Waals surface area (Å²) in [5.41, 5.74) is 2.41. The molecule has 30 heavy (non-hydrogen) atoms. The van der Waals surface area contributed by atoms with E-state index in [-0.39, 0.29) is 5.91 Å². The van der Waals surface area contributed by atoms with Gasteiger partial charge < -0.3 is 9.47 Å². The predicted octanol–water partition coefficient (Wildman–Crippen LogP) is 3.48. The number of thiazole rings is 1. The molecule has 0 radical (unpaired) electrons. The molecule has 1 aliphatic heterocycles. The van der Waals surface area contributed by atoms with Gasteiger partial charge in [0.1, 0.15) is 12.4 Å². The van der Waals surface area contributed by atoms with Gasteiger partial charge in [-0.05, 0) is 43.3 Å². The first-order valence-electron chi connectivity index (χ1n) is 9.91. The summed E-state index contributed by atoms with van der Waals surface area (Å²) in [5, 5.41) is 3.44. The largest absolute Gasteiger partial charge is 0.492 e. The van der Waals surface area contributed by atoms with E-state index in [4.69, 9.17) is 9.47 Å². The van der Waals surface area contributed by atoms with Gasteiger partial charge in [0.05, 0.1) is 18.9 Å². The normalized spacial score (nSPS) is 14.4. The van der Waals surface area contributed by atoms with E-state index in [1.54, 1.807) is 24.5 Å². The van der Waals surface area contributed by atoms with Crippen LogP contribution in [-0.2, 0) is 4.74 Å². The molecule has 1 saturated heterocycles. The average molecular weight is 425 g/mol. The van der Waals surface area contributed by atoms with Crippen LogP contribution in [0, 0.1) is 6.92 Å². The van der Waals surface area contributed by atoms with E-state index in [1.807, 2.05) is 31.2 Å². The number of amides is 1. The molecule has 8 heteroatoms. The first-order valence-corrected chi connectivity index (χ1v) is 10.7. The fraction of sp³-hybridized carbons (Fsp3) is 0.318. The minimum absolute atomic E-state index is 0.193. The minimum atomic E-state index is -0.193. The van der Waals surface area contributed by atoms with E-state index in [9.17, 15) is 4.79 Å². The summed E-state index contributed by atoms with van der Waals surface area (Å²) in [7, 11) is 0. The van der Waals surface area contributed by atoms with Crippen LogP contribution in [0.3, 0.4) is 0 Å². The first-order chi connectivity index (χ1) is 14.7. The Labute approximate surface area is 179 Å². The van der Waals surface area contributed by atoms with Crippen molar-refractivity contribution in [3.05, 3.63) is 59.2 Å². The molecule has 7 nitrogen and oxygen atoms in total. The maximum absolute atomic E-state index is 12.3. The molecule has 1 fully saturated rings. The minimum Gasteiger partial charge on any atom is -0.492 e. The maximum atomic E-state index is 12.3. The van der Waals surface area contributed by atoms with E-state index < -0.39 is 0 Å². The van der Waals surface area contributed by atoms with Crippen molar-refractivity contribution in [3.63, 3.8) is 0 Å². The van der Waals surface area contributed by atoms with Crippen molar-refractivity contribution in [2.45, 2.75) is 6.92 Å². The van der Waals surface area contributed by atoms with Crippen LogP contribution in [0.25, 0.3) is 11.3 Å². The third kappa shape index (κ3) is 5.21. The second-order valence-corrected chi connectivity index (χ2v) is 8.14. The van der Waals surface area contributed by atoms with Crippen molar-refractivity contribution in [1.82, 2.24) is 14.9 Å². The number of carbonyl (C=O) groups is 1. The fourth-order valence-electron chi connectivity index (χ4n) is 3.22. The number of benzene rings is 1. The summed E-state index contributed by atoms with van der Waals surface area (Å²) in [6, 6.07) is 11.3. The molecule has 3 aromatic rings. The van der Waals surface area contributed by atoms with Crippen LogP contribution >= 0.6 is 11.3 Å². The van der Waals surface area contributed by atoms with Gasteiger partial charge in [0.15, 0.2) is 5.13 Å². The molecule has 1 aromatic carbocycles. The molecule has 3 heterocycles. The van der Waals surface area contributed by atoms with Crippen molar-refractivity contribution in [2.24, 2.45) is 0 Å². The van der Waals surface area contributed by atoms with Gasteiger partial charge in [-0.25, -0.2) is 4.98 Å². The molecule has 1 aliphatic rings. The van der Waals surface area contributed by atoms with Crippen LogP contribution in [0.5, 0.6) is 5.75 Å². The zero-order chi connectivity index (χ0) is 20.8. The van der Waals surface area contributed by atoms with Gasteiger partial charge in [-0.15, -0.1) is 11.3 Å². The predicted molar refractivity (Wildman–Crippen MR) is 117 cm³/mol. The quantitative estimate of drug-likeness (QED) is 0.626. The Hall–Kier alpha value is -2.81. The Balaban J connectivity index is 1.35. The zero-order valence-electron chi connectivity index (χ0n) is 16.8. The smallest absolute Gasteiger partial charge is 0.257 e. The number of ether oxygens (including phenoxy) is 2. The van der Waals surface area contributed by atoms with Crippen molar-refractivity contribution >= 4 is 22.4 Å². The summed E-state index contributed by atoms with van der Waals surface area (Å²) >= 11 is 1.46. The molecule has 2 aromatic heterocycles. The SMILES string of the molecule is Cc1sc(NC(=O)c2ccncc2)nc1-c1ccc(OCCN2CCOCC2)cc1. The Morgan fingerprint density at radius 1 is 1.17 bits per heavy atom. The van der Waals surface area contributed by atoms with Crippen LogP contribution in [0.4, 0.5) is 5.13 Å². The Kier molecular flexibility index (Phi) is 6.68. The van der Waals surface area contributed by atoms with Crippen LogP contribution in [0.1, 0.15) is 15.2 Å². The third-order valence-electron chi connectivity index (χ3n) is 4.87. The molecule has 0 bridgehead atoms. The highest BCUT2D eigenvalue weighted by atomic mass is 32.1. The molecule has 0 spiro atoms. The lowest BCUT2D eigenvalue weighted by Gasteiger charge is -2.26. The Morgan fingerprint density at radius 3 is 2.63 bits per heavy atom. The van der Waals surface area contributed by atoms with Crippen molar-refractivity contribution < 1.29 is 14.3 Å². The number of hydrogen-bond donors (Lipinski definition) is 1. The van der Waals surface area contributed by atoms with Crippen LogP contribution in [-0.4, -0.2) is 60.2 Å². The molecule has 0 aliphatic carbocycles. The Bertz CT molecular complexity index is 970. The highest BCUT2D eigenvalue weighted by Gasteiger charge is 2.14. The number of rotatable bonds is 7. The van der Waals surface area contributed by atoms with Crippen LogP contribution in [0.2, 0.25) is 0 Å². The topological polar surface area (TPSA) is 76.6 Å². The highest BCUT2D eigenvalue weighted by molar-refractivity contribution is 7.16. The second-order valence-electron chi connectivity index (χ2n) is 6.94. The second kappa shape index (κ2) is 9.80. The molecule has 156 valence electrons. The fourth-order valence-corrected chi connectivity index (χ4v) is 4.05. The van der Waals surface area contributed by atoms with Crippen molar-refractivity contribution in [1.29, 1.82) is 0 Å². The summed E-state index contributed by atoms with van der Waals surface area (Å²) in [5.74, 6) is 0.646. The number of hydrogen-bond acceptors (Lipinski definition) is 7. The first kappa shape index (κ1) is 20.5. The molecular weight excluding hydrogens is 400 g/mol. The summed E-state index contributed by atoms with van der Waals surface area (Å²) in [6.07, 6.45) is 3.19. The summed E-state index contributed by atoms with van der Waals surface area (Å²) < 4.78 is 11.2. The van der Waals surface area contributed by atoms with Crippen LogP contribution < -0.4 is 10.1 Å². The maximum Gasteiger partial charge on any atom is 0.257 e. The van der Waals surface area contributed by atoms with Gasteiger partial charge in [-0.2, -0.15) is 0 Å². The molecule has 0 atom stereocenters. The van der Waals surface area contributed by atoms with Crippen molar-refractivity contribution in [3.8, 4) is 17.0 Å². The number of aryl methyl sites for hydroxylation is 1. The van der Waals surface area contributed by atoms with Gasteiger partial charge in [-0.1, -0.05) is 0 Å². The lowest BCUT2D eigenvalue weighted by Crippen LogP contribution is -2.38. The lowest BCUT2D eigenvalue weighted by atomic mass is 10.1. The molecule has 4 rings (SSSR count). The lowest BCUT2D eigenvalue weighted by molar-refractivity contribution is 0.0322. The average Bonchev–Trinajstić information content (AvgIpc) is 3.15. The van der Waals surface area contributed by atoms with E-state index in [0.29, 0.717) is 17.3 Å². The molecule has 1 N–H and O–H groups in total. The van der Waals surface area contributed by atoms with E-state index in [0.717, 1.165) is 54.7 Å². The number of morpholine rings is 1. The number of nitrogens with one attached hydrogen (secondary N) is 1.